The van der Waals surface area contributed by atoms with Gasteiger partial charge in [-0.05, 0) is 55.7 Å². The fraction of sp³-hybridized carbons (Fsp3) is 0.417. The lowest BCUT2D eigenvalue weighted by Gasteiger charge is -2.30. The van der Waals surface area contributed by atoms with Gasteiger partial charge in [0.25, 0.3) is 0 Å². The highest BCUT2D eigenvalue weighted by atomic mass is 16.5. The summed E-state index contributed by atoms with van der Waals surface area (Å²) in [6, 6.07) is 14.4. The molecule has 0 spiro atoms. The van der Waals surface area contributed by atoms with Gasteiger partial charge in [0.2, 0.25) is 11.8 Å². The summed E-state index contributed by atoms with van der Waals surface area (Å²) in [7, 11) is 3.21. The quantitative estimate of drug-likeness (QED) is 0.648. The molecule has 0 saturated heterocycles. The second-order valence-electron chi connectivity index (χ2n) is 7.39. The largest absolute Gasteiger partial charge is 0.497 e. The van der Waals surface area contributed by atoms with Crippen molar-refractivity contribution in [2.45, 2.75) is 52.2 Å². The number of rotatable bonds is 10. The van der Waals surface area contributed by atoms with Crippen molar-refractivity contribution in [2.75, 3.05) is 14.2 Å². The molecule has 0 fully saturated rings. The van der Waals surface area contributed by atoms with Crippen LogP contribution < -0.4 is 14.8 Å². The molecule has 6 nitrogen and oxygen atoms in total. The Morgan fingerprint density at radius 1 is 0.967 bits per heavy atom. The van der Waals surface area contributed by atoms with Gasteiger partial charge in [-0.2, -0.15) is 0 Å². The fourth-order valence-electron chi connectivity index (χ4n) is 3.04. The smallest absolute Gasteiger partial charge is 0.242 e. The zero-order chi connectivity index (χ0) is 22.1. The standard InChI is InChI=1S/C24H32N2O4/c1-6-17(2)25-24(28)18(3)26(16-20-8-7-9-22(14-20)30-5)23(27)15-19-10-12-21(29-4)13-11-19/h7-14,17-18H,6,15-16H2,1-5H3,(H,25,28)/t17-,18+/m1/s1. The fourth-order valence-corrected chi connectivity index (χ4v) is 3.04. The molecule has 0 aromatic heterocycles. The number of nitrogens with one attached hydrogen (secondary N) is 1. The zero-order valence-corrected chi connectivity index (χ0v) is 18.5. The van der Waals surface area contributed by atoms with Gasteiger partial charge in [0.1, 0.15) is 17.5 Å². The lowest BCUT2D eigenvalue weighted by atomic mass is 10.1. The molecule has 2 rings (SSSR count). The summed E-state index contributed by atoms with van der Waals surface area (Å²) in [5.41, 5.74) is 1.77. The van der Waals surface area contributed by atoms with Crippen molar-refractivity contribution >= 4 is 11.8 Å². The van der Waals surface area contributed by atoms with E-state index in [-0.39, 0.29) is 24.3 Å². The van der Waals surface area contributed by atoms with E-state index >= 15 is 0 Å². The van der Waals surface area contributed by atoms with E-state index in [1.807, 2.05) is 62.4 Å². The molecule has 2 aromatic rings. The molecule has 0 saturated carbocycles. The molecule has 30 heavy (non-hydrogen) atoms. The molecule has 0 unspecified atom stereocenters. The Hall–Kier alpha value is -3.02. The summed E-state index contributed by atoms with van der Waals surface area (Å²) in [5.74, 6) is 1.18. The first-order valence-corrected chi connectivity index (χ1v) is 10.2. The third-order valence-electron chi connectivity index (χ3n) is 5.17. The molecule has 0 aliphatic heterocycles. The van der Waals surface area contributed by atoms with E-state index in [2.05, 4.69) is 5.32 Å². The number of amides is 2. The van der Waals surface area contributed by atoms with Crippen molar-refractivity contribution < 1.29 is 19.1 Å². The molecule has 0 radical (unpaired) electrons. The minimum atomic E-state index is -0.601. The number of methoxy groups -OCH3 is 2. The first kappa shape index (κ1) is 23.3. The molecular weight excluding hydrogens is 380 g/mol. The van der Waals surface area contributed by atoms with Gasteiger partial charge in [-0.15, -0.1) is 0 Å². The highest BCUT2D eigenvalue weighted by molar-refractivity contribution is 5.88. The number of nitrogens with zero attached hydrogens (tertiary/aromatic N) is 1. The van der Waals surface area contributed by atoms with Gasteiger partial charge in [0.05, 0.1) is 20.6 Å². The van der Waals surface area contributed by atoms with Crippen LogP contribution in [0.2, 0.25) is 0 Å². The van der Waals surface area contributed by atoms with Crippen molar-refractivity contribution in [3.05, 3.63) is 59.7 Å². The molecule has 0 aliphatic carbocycles. The highest BCUT2D eigenvalue weighted by Crippen LogP contribution is 2.18. The summed E-state index contributed by atoms with van der Waals surface area (Å²) in [5, 5.41) is 2.98. The Balaban J connectivity index is 2.23. The first-order valence-electron chi connectivity index (χ1n) is 10.2. The average molecular weight is 413 g/mol. The van der Waals surface area contributed by atoms with Gasteiger partial charge in [0.15, 0.2) is 0 Å². The topological polar surface area (TPSA) is 67.9 Å². The highest BCUT2D eigenvalue weighted by Gasteiger charge is 2.27. The predicted octanol–water partition coefficient (Wildman–Crippen LogP) is 3.58. The van der Waals surface area contributed by atoms with E-state index in [1.54, 1.807) is 26.0 Å². The number of carbonyl (C=O) groups excluding carboxylic acids is 2. The van der Waals surface area contributed by atoms with Crippen LogP contribution in [0, 0.1) is 0 Å². The van der Waals surface area contributed by atoms with Crippen molar-refractivity contribution in [3.8, 4) is 11.5 Å². The number of benzene rings is 2. The Morgan fingerprint density at radius 3 is 2.23 bits per heavy atom. The van der Waals surface area contributed by atoms with Crippen molar-refractivity contribution in [1.82, 2.24) is 10.2 Å². The molecule has 0 aliphatic rings. The summed E-state index contributed by atoms with van der Waals surface area (Å²) in [4.78, 5) is 27.6. The molecule has 6 heteroatoms. The second kappa shape index (κ2) is 11.2. The molecular formula is C24H32N2O4. The molecule has 2 amide bonds. The maximum atomic E-state index is 13.2. The van der Waals surface area contributed by atoms with E-state index in [0.717, 1.165) is 23.3 Å². The second-order valence-corrected chi connectivity index (χ2v) is 7.39. The van der Waals surface area contributed by atoms with Gasteiger partial charge in [-0.3, -0.25) is 9.59 Å². The minimum absolute atomic E-state index is 0.0512. The van der Waals surface area contributed by atoms with Crippen LogP contribution in [-0.4, -0.2) is 43.0 Å². The Bertz CT molecular complexity index is 835. The minimum Gasteiger partial charge on any atom is -0.497 e. The van der Waals surface area contributed by atoms with E-state index in [1.165, 1.54) is 0 Å². The number of hydrogen-bond acceptors (Lipinski definition) is 4. The first-order chi connectivity index (χ1) is 14.4. The zero-order valence-electron chi connectivity index (χ0n) is 18.5. The maximum Gasteiger partial charge on any atom is 0.242 e. The molecule has 0 bridgehead atoms. The number of carbonyl (C=O) groups is 2. The summed E-state index contributed by atoms with van der Waals surface area (Å²) >= 11 is 0. The molecule has 2 aromatic carbocycles. The SMILES string of the molecule is CC[C@@H](C)NC(=O)[C@H](C)N(Cc1cccc(OC)c1)C(=O)Cc1ccc(OC)cc1. The third-order valence-corrected chi connectivity index (χ3v) is 5.17. The normalized spacial score (nSPS) is 12.6. The average Bonchev–Trinajstić information content (AvgIpc) is 2.77. The number of ether oxygens (including phenoxy) is 2. The third kappa shape index (κ3) is 6.51. The summed E-state index contributed by atoms with van der Waals surface area (Å²) in [6.45, 7) is 6.06. The molecule has 1 N–H and O–H groups in total. The maximum absolute atomic E-state index is 13.2. The van der Waals surface area contributed by atoms with Crippen LogP contribution in [0.15, 0.2) is 48.5 Å². The van der Waals surface area contributed by atoms with Gasteiger partial charge in [-0.1, -0.05) is 31.2 Å². The Labute approximate surface area is 179 Å². The van der Waals surface area contributed by atoms with Crippen LogP contribution in [0.5, 0.6) is 11.5 Å². The Morgan fingerprint density at radius 2 is 1.63 bits per heavy atom. The van der Waals surface area contributed by atoms with Gasteiger partial charge in [0, 0.05) is 12.6 Å². The monoisotopic (exact) mass is 412 g/mol. The van der Waals surface area contributed by atoms with Gasteiger partial charge in [-0.25, -0.2) is 0 Å². The van der Waals surface area contributed by atoms with Crippen LogP contribution in [0.1, 0.15) is 38.3 Å². The van der Waals surface area contributed by atoms with Crippen molar-refractivity contribution in [3.63, 3.8) is 0 Å². The number of hydrogen-bond donors (Lipinski definition) is 1. The van der Waals surface area contributed by atoms with Crippen LogP contribution in [0.4, 0.5) is 0 Å². The van der Waals surface area contributed by atoms with E-state index in [9.17, 15) is 9.59 Å². The lowest BCUT2D eigenvalue weighted by molar-refractivity contribution is -0.140. The Kier molecular flexibility index (Phi) is 8.71. The van der Waals surface area contributed by atoms with Crippen LogP contribution in [0.3, 0.4) is 0 Å². The van der Waals surface area contributed by atoms with Crippen LogP contribution in [0.25, 0.3) is 0 Å². The van der Waals surface area contributed by atoms with Gasteiger partial charge >= 0.3 is 0 Å². The van der Waals surface area contributed by atoms with Crippen molar-refractivity contribution in [1.29, 1.82) is 0 Å². The van der Waals surface area contributed by atoms with Crippen LogP contribution in [-0.2, 0) is 22.6 Å². The molecule has 2 atom stereocenters. The van der Waals surface area contributed by atoms with E-state index in [0.29, 0.717) is 12.3 Å². The van der Waals surface area contributed by atoms with Gasteiger partial charge < -0.3 is 19.7 Å². The summed E-state index contributed by atoms with van der Waals surface area (Å²) < 4.78 is 10.5. The lowest BCUT2D eigenvalue weighted by Crippen LogP contribution is -2.49. The van der Waals surface area contributed by atoms with Crippen molar-refractivity contribution in [2.24, 2.45) is 0 Å². The summed E-state index contributed by atoms with van der Waals surface area (Å²) in [6.07, 6.45) is 1.03. The molecule has 0 heterocycles. The van der Waals surface area contributed by atoms with Crippen LogP contribution >= 0.6 is 0 Å². The van der Waals surface area contributed by atoms with E-state index < -0.39 is 6.04 Å². The predicted molar refractivity (Wildman–Crippen MR) is 118 cm³/mol. The molecule has 162 valence electrons. The van der Waals surface area contributed by atoms with E-state index in [4.69, 9.17) is 9.47 Å².